The molecule has 3 heteroatoms. The lowest BCUT2D eigenvalue weighted by molar-refractivity contribution is -0.122. The highest BCUT2D eigenvalue weighted by molar-refractivity contribution is 5.81. The fourth-order valence-corrected chi connectivity index (χ4v) is 2.13. The topological polar surface area (TPSA) is 41.1 Å². The standard InChI is InChI=1S/C17H28N2O/c1-5-7-12-18-17(20)14(4)19-13(3)16-10-8-15(6-2)9-11-16/h8-11,13-14,19H,5-7,12H2,1-4H3,(H,18,20). The Kier molecular flexibility index (Phi) is 7.31. The van der Waals surface area contributed by atoms with E-state index < -0.39 is 0 Å². The first-order chi connectivity index (χ1) is 9.58. The SMILES string of the molecule is CCCCNC(=O)C(C)NC(C)c1ccc(CC)cc1. The minimum absolute atomic E-state index is 0.0791. The van der Waals surface area contributed by atoms with Crippen LogP contribution < -0.4 is 10.6 Å². The summed E-state index contributed by atoms with van der Waals surface area (Å²) in [5.41, 5.74) is 2.56. The molecule has 0 spiro atoms. The van der Waals surface area contributed by atoms with Gasteiger partial charge in [0.15, 0.2) is 0 Å². The molecule has 0 bridgehead atoms. The molecule has 0 fully saturated rings. The molecule has 2 atom stereocenters. The van der Waals surface area contributed by atoms with Crippen LogP contribution in [0.3, 0.4) is 0 Å². The van der Waals surface area contributed by atoms with Crippen molar-refractivity contribution >= 4 is 5.91 Å². The molecule has 20 heavy (non-hydrogen) atoms. The van der Waals surface area contributed by atoms with E-state index >= 15 is 0 Å². The summed E-state index contributed by atoms with van der Waals surface area (Å²) in [5.74, 6) is 0.0791. The Morgan fingerprint density at radius 3 is 2.35 bits per heavy atom. The Bertz CT molecular complexity index is 400. The number of rotatable bonds is 8. The van der Waals surface area contributed by atoms with E-state index in [1.165, 1.54) is 11.1 Å². The summed E-state index contributed by atoms with van der Waals surface area (Å²) in [4.78, 5) is 11.9. The van der Waals surface area contributed by atoms with Gasteiger partial charge in [0.2, 0.25) is 5.91 Å². The first-order valence-electron chi connectivity index (χ1n) is 7.71. The zero-order chi connectivity index (χ0) is 15.0. The van der Waals surface area contributed by atoms with Crippen molar-refractivity contribution in [2.45, 2.75) is 59.0 Å². The minimum Gasteiger partial charge on any atom is -0.355 e. The number of hydrogen-bond donors (Lipinski definition) is 2. The Labute approximate surface area is 123 Å². The molecule has 0 radical (unpaired) electrons. The zero-order valence-corrected chi connectivity index (χ0v) is 13.2. The third-order valence-corrected chi connectivity index (χ3v) is 3.61. The number of benzene rings is 1. The van der Waals surface area contributed by atoms with E-state index in [9.17, 15) is 4.79 Å². The van der Waals surface area contributed by atoms with Crippen LogP contribution in [0.4, 0.5) is 0 Å². The van der Waals surface area contributed by atoms with Crippen molar-refractivity contribution < 1.29 is 4.79 Å². The number of hydrogen-bond acceptors (Lipinski definition) is 2. The fraction of sp³-hybridized carbons (Fsp3) is 0.588. The molecule has 0 heterocycles. The monoisotopic (exact) mass is 276 g/mol. The minimum atomic E-state index is -0.173. The predicted molar refractivity (Wildman–Crippen MR) is 84.8 cm³/mol. The summed E-state index contributed by atoms with van der Waals surface area (Å²) < 4.78 is 0. The van der Waals surface area contributed by atoms with E-state index in [1.54, 1.807) is 0 Å². The van der Waals surface area contributed by atoms with Crippen molar-refractivity contribution in [2.24, 2.45) is 0 Å². The lowest BCUT2D eigenvalue weighted by Crippen LogP contribution is -2.43. The molecule has 0 aliphatic rings. The van der Waals surface area contributed by atoms with Gasteiger partial charge in [-0.05, 0) is 37.8 Å². The number of carbonyl (C=O) groups excluding carboxylic acids is 1. The molecule has 3 nitrogen and oxygen atoms in total. The second kappa shape index (κ2) is 8.75. The summed E-state index contributed by atoms with van der Waals surface area (Å²) in [5, 5.41) is 6.31. The molecule has 1 aromatic carbocycles. The van der Waals surface area contributed by atoms with Crippen molar-refractivity contribution in [1.29, 1.82) is 0 Å². The van der Waals surface area contributed by atoms with Gasteiger partial charge in [-0.2, -0.15) is 0 Å². The fourth-order valence-electron chi connectivity index (χ4n) is 2.13. The summed E-state index contributed by atoms with van der Waals surface area (Å²) in [6, 6.07) is 8.58. The van der Waals surface area contributed by atoms with Gasteiger partial charge in [0.25, 0.3) is 0 Å². The maximum atomic E-state index is 11.9. The zero-order valence-electron chi connectivity index (χ0n) is 13.2. The van der Waals surface area contributed by atoms with E-state index in [1.807, 2.05) is 6.92 Å². The van der Waals surface area contributed by atoms with Gasteiger partial charge in [0.1, 0.15) is 0 Å². The van der Waals surface area contributed by atoms with Gasteiger partial charge in [0.05, 0.1) is 6.04 Å². The van der Waals surface area contributed by atoms with Gasteiger partial charge >= 0.3 is 0 Å². The van der Waals surface area contributed by atoms with Crippen LogP contribution in [-0.4, -0.2) is 18.5 Å². The average Bonchev–Trinajstić information content (AvgIpc) is 2.47. The van der Waals surface area contributed by atoms with Crippen molar-refractivity contribution in [3.05, 3.63) is 35.4 Å². The highest BCUT2D eigenvalue weighted by Crippen LogP contribution is 2.14. The molecule has 0 aromatic heterocycles. The van der Waals surface area contributed by atoms with E-state index in [0.29, 0.717) is 0 Å². The Morgan fingerprint density at radius 1 is 1.15 bits per heavy atom. The second-order valence-electron chi connectivity index (χ2n) is 5.35. The first kappa shape index (κ1) is 16.7. The molecular formula is C17H28N2O. The number of nitrogens with one attached hydrogen (secondary N) is 2. The van der Waals surface area contributed by atoms with Crippen LogP contribution in [0.2, 0.25) is 0 Å². The van der Waals surface area contributed by atoms with Gasteiger partial charge in [-0.15, -0.1) is 0 Å². The third-order valence-electron chi connectivity index (χ3n) is 3.61. The van der Waals surface area contributed by atoms with Gasteiger partial charge in [-0.1, -0.05) is 44.5 Å². The molecule has 112 valence electrons. The number of aryl methyl sites for hydroxylation is 1. The molecule has 0 saturated heterocycles. The highest BCUT2D eigenvalue weighted by atomic mass is 16.2. The first-order valence-corrected chi connectivity index (χ1v) is 7.71. The molecule has 0 aliphatic carbocycles. The normalized spacial score (nSPS) is 13.8. The summed E-state index contributed by atoms with van der Waals surface area (Å²) in [6.07, 6.45) is 3.19. The Hall–Kier alpha value is -1.35. The number of amides is 1. The van der Waals surface area contributed by atoms with Gasteiger partial charge in [-0.25, -0.2) is 0 Å². The van der Waals surface area contributed by atoms with Crippen molar-refractivity contribution in [3.8, 4) is 0 Å². The van der Waals surface area contributed by atoms with E-state index in [-0.39, 0.29) is 18.0 Å². The van der Waals surface area contributed by atoms with Crippen molar-refractivity contribution in [3.63, 3.8) is 0 Å². The van der Waals surface area contributed by atoms with Crippen LogP contribution in [0, 0.1) is 0 Å². The van der Waals surface area contributed by atoms with Gasteiger partial charge in [0, 0.05) is 12.6 Å². The molecule has 1 rings (SSSR count). The Balaban J connectivity index is 2.47. The lowest BCUT2D eigenvalue weighted by atomic mass is 10.0. The van der Waals surface area contributed by atoms with Crippen LogP contribution in [-0.2, 0) is 11.2 Å². The largest absolute Gasteiger partial charge is 0.355 e. The van der Waals surface area contributed by atoms with E-state index in [0.717, 1.165) is 25.8 Å². The second-order valence-corrected chi connectivity index (χ2v) is 5.35. The van der Waals surface area contributed by atoms with E-state index in [2.05, 4.69) is 55.7 Å². The highest BCUT2D eigenvalue weighted by Gasteiger charge is 2.15. The van der Waals surface area contributed by atoms with Crippen LogP contribution in [0.25, 0.3) is 0 Å². The predicted octanol–water partition coefficient (Wildman–Crippen LogP) is 3.20. The summed E-state index contributed by atoms with van der Waals surface area (Å²) >= 11 is 0. The number of carbonyl (C=O) groups is 1. The molecule has 1 aromatic rings. The molecule has 2 N–H and O–H groups in total. The molecule has 1 amide bonds. The van der Waals surface area contributed by atoms with Gasteiger partial charge in [-0.3, -0.25) is 10.1 Å². The summed E-state index contributed by atoms with van der Waals surface area (Å²) in [6.45, 7) is 9.05. The molecule has 0 saturated carbocycles. The molecular weight excluding hydrogens is 248 g/mol. The van der Waals surface area contributed by atoms with Crippen LogP contribution in [0.15, 0.2) is 24.3 Å². The Morgan fingerprint density at radius 2 is 1.80 bits per heavy atom. The van der Waals surface area contributed by atoms with Crippen LogP contribution in [0.1, 0.15) is 57.7 Å². The smallest absolute Gasteiger partial charge is 0.236 e. The van der Waals surface area contributed by atoms with Gasteiger partial charge < -0.3 is 5.32 Å². The quantitative estimate of drug-likeness (QED) is 0.716. The lowest BCUT2D eigenvalue weighted by Gasteiger charge is -2.20. The van der Waals surface area contributed by atoms with Crippen LogP contribution >= 0.6 is 0 Å². The van der Waals surface area contributed by atoms with Crippen LogP contribution in [0.5, 0.6) is 0 Å². The average molecular weight is 276 g/mol. The van der Waals surface area contributed by atoms with Crippen molar-refractivity contribution in [2.75, 3.05) is 6.54 Å². The molecule has 2 unspecified atom stereocenters. The number of unbranched alkanes of at least 4 members (excludes halogenated alkanes) is 1. The summed E-state index contributed by atoms with van der Waals surface area (Å²) in [7, 11) is 0. The maximum Gasteiger partial charge on any atom is 0.236 e. The molecule has 0 aliphatic heterocycles. The third kappa shape index (κ3) is 5.33. The maximum absolute atomic E-state index is 11.9. The van der Waals surface area contributed by atoms with E-state index in [4.69, 9.17) is 0 Å². The van der Waals surface area contributed by atoms with Crippen molar-refractivity contribution in [1.82, 2.24) is 10.6 Å².